The van der Waals surface area contributed by atoms with Crippen LogP contribution in [0.2, 0.25) is 0 Å². The van der Waals surface area contributed by atoms with Crippen molar-refractivity contribution in [3.05, 3.63) is 35.9 Å². The second kappa shape index (κ2) is 7.55. The van der Waals surface area contributed by atoms with Crippen molar-refractivity contribution in [2.45, 2.75) is 36.6 Å². The second-order valence-corrected chi connectivity index (χ2v) is 6.15. The van der Waals surface area contributed by atoms with Crippen molar-refractivity contribution < 1.29 is 9.90 Å². The Morgan fingerprint density at radius 1 is 1.40 bits per heavy atom. The maximum absolute atomic E-state index is 12.1. The number of benzene rings is 1. The molecule has 0 saturated heterocycles. The van der Waals surface area contributed by atoms with Gasteiger partial charge in [-0.25, -0.2) is 4.79 Å². The third-order valence-corrected chi connectivity index (χ3v) is 4.93. The molecule has 0 aliphatic heterocycles. The van der Waals surface area contributed by atoms with E-state index in [1.807, 2.05) is 42.1 Å². The number of thioether (sulfide) groups is 1. The maximum Gasteiger partial charge on any atom is 0.315 e. The predicted molar refractivity (Wildman–Crippen MR) is 82.9 cm³/mol. The fourth-order valence-corrected chi connectivity index (χ4v) is 3.60. The van der Waals surface area contributed by atoms with Crippen LogP contribution in [0.1, 0.15) is 30.9 Å². The fourth-order valence-electron chi connectivity index (χ4n) is 2.66. The van der Waals surface area contributed by atoms with Crippen LogP contribution in [0.3, 0.4) is 0 Å². The summed E-state index contributed by atoms with van der Waals surface area (Å²) in [5, 5.41) is 15.8. The number of urea groups is 1. The van der Waals surface area contributed by atoms with Crippen LogP contribution in [0.25, 0.3) is 0 Å². The lowest BCUT2D eigenvalue weighted by atomic mass is 10.1. The summed E-state index contributed by atoms with van der Waals surface area (Å²) < 4.78 is 0. The molecule has 20 heavy (non-hydrogen) atoms. The highest BCUT2D eigenvalue weighted by molar-refractivity contribution is 7.99. The molecular formula is C15H22N2O2S. The van der Waals surface area contributed by atoms with E-state index in [0.29, 0.717) is 5.25 Å². The van der Waals surface area contributed by atoms with Crippen molar-refractivity contribution in [3.63, 3.8) is 0 Å². The highest BCUT2D eigenvalue weighted by atomic mass is 32.2. The summed E-state index contributed by atoms with van der Waals surface area (Å²) in [6.45, 7) is -0.103. The Bertz CT molecular complexity index is 427. The van der Waals surface area contributed by atoms with Gasteiger partial charge in [-0.05, 0) is 24.7 Å². The minimum Gasteiger partial charge on any atom is -0.394 e. The molecule has 1 aromatic rings. The number of carbonyl (C=O) groups is 1. The van der Waals surface area contributed by atoms with Gasteiger partial charge in [-0.1, -0.05) is 36.8 Å². The molecule has 4 nitrogen and oxygen atoms in total. The molecule has 1 aromatic carbocycles. The quantitative estimate of drug-likeness (QED) is 0.781. The molecule has 0 spiro atoms. The Balaban J connectivity index is 1.90. The third kappa shape index (κ3) is 3.90. The fraction of sp³-hybridized carbons (Fsp3) is 0.533. The summed E-state index contributed by atoms with van der Waals surface area (Å²) in [5.41, 5.74) is 0.915. The summed E-state index contributed by atoms with van der Waals surface area (Å²) >= 11 is 1.81. The molecule has 1 saturated carbocycles. The van der Waals surface area contributed by atoms with Gasteiger partial charge in [0.2, 0.25) is 0 Å². The third-order valence-electron chi connectivity index (χ3n) is 3.76. The van der Waals surface area contributed by atoms with Crippen molar-refractivity contribution >= 4 is 17.8 Å². The highest BCUT2D eigenvalue weighted by Gasteiger charge is 2.28. The Morgan fingerprint density at radius 2 is 2.15 bits per heavy atom. The number of nitrogens with one attached hydrogen (secondary N) is 2. The first-order chi connectivity index (χ1) is 9.74. The van der Waals surface area contributed by atoms with Crippen molar-refractivity contribution in [3.8, 4) is 0 Å². The largest absolute Gasteiger partial charge is 0.394 e. The number of carbonyl (C=O) groups excluding carboxylic acids is 1. The molecule has 2 rings (SSSR count). The van der Waals surface area contributed by atoms with Crippen LogP contribution in [-0.2, 0) is 0 Å². The van der Waals surface area contributed by atoms with Crippen LogP contribution >= 0.6 is 11.8 Å². The lowest BCUT2D eigenvalue weighted by Gasteiger charge is -2.22. The minimum atomic E-state index is -0.356. The Labute approximate surface area is 124 Å². The molecule has 3 atom stereocenters. The highest BCUT2D eigenvalue weighted by Crippen LogP contribution is 2.28. The summed E-state index contributed by atoms with van der Waals surface area (Å²) in [4.78, 5) is 12.1. The molecule has 110 valence electrons. The van der Waals surface area contributed by atoms with Gasteiger partial charge in [0.1, 0.15) is 0 Å². The zero-order valence-corrected chi connectivity index (χ0v) is 12.5. The average molecular weight is 294 g/mol. The van der Waals surface area contributed by atoms with Crippen LogP contribution in [0.4, 0.5) is 4.79 Å². The Hall–Kier alpha value is -1.20. The first-order valence-electron chi connectivity index (χ1n) is 7.00. The van der Waals surface area contributed by atoms with Gasteiger partial charge in [0, 0.05) is 11.3 Å². The van der Waals surface area contributed by atoms with Gasteiger partial charge in [-0.3, -0.25) is 0 Å². The van der Waals surface area contributed by atoms with Crippen LogP contribution in [0.15, 0.2) is 30.3 Å². The molecule has 1 aliphatic rings. The van der Waals surface area contributed by atoms with Crippen LogP contribution in [-0.4, -0.2) is 35.3 Å². The first kappa shape index (κ1) is 15.2. The van der Waals surface area contributed by atoms with E-state index in [1.165, 1.54) is 6.42 Å². The molecule has 5 heteroatoms. The Kier molecular flexibility index (Phi) is 5.73. The topological polar surface area (TPSA) is 61.4 Å². The minimum absolute atomic E-state index is 0.103. The average Bonchev–Trinajstić information content (AvgIpc) is 2.92. The van der Waals surface area contributed by atoms with E-state index in [1.54, 1.807) is 0 Å². The van der Waals surface area contributed by atoms with Gasteiger partial charge in [0.05, 0.1) is 12.6 Å². The summed E-state index contributed by atoms with van der Waals surface area (Å²) in [6.07, 6.45) is 5.45. The lowest BCUT2D eigenvalue weighted by Crippen LogP contribution is -2.46. The SMILES string of the molecule is CSC1CCCC1NC(=O)NC(CO)c1ccccc1. The maximum atomic E-state index is 12.1. The predicted octanol–water partition coefficient (Wildman–Crippen LogP) is 2.30. The van der Waals surface area contributed by atoms with Gasteiger partial charge in [-0.2, -0.15) is 11.8 Å². The van der Waals surface area contributed by atoms with E-state index >= 15 is 0 Å². The molecule has 3 unspecified atom stereocenters. The molecule has 0 heterocycles. The number of aliphatic hydroxyl groups excluding tert-OH is 1. The number of rotatable bonds is 5. The van der Waals surface area contributed by atoms with Gasteiger partial charge < -0.3 is 15.7 Å². The van der Waals surface area contributed by atoms with E-state index in [9.17, 15) is 9.90 Å². The van der Waals surface area contributed by atoms with E-state index in [-0.39, 0.29) is 24.7 Å². The van der Waals surface area contributed by atoms with Gasteiger partial charge in [0.25, 0.3) is 0 Å². The number of aliphatic hydroxyl groups is 1. The summed E-state index contributed by atoms with van der Waals surface area (Å²) in [6, 6.07) is 9.21. The van der Waals surface area contributed by atoms with Crippen molar-refractivity contribution in [2.75, 3.05) is 12.9 Å². The van der Waals surface area contributed by atoms with E-state index < -0.39 is 0 Å². The zero-order valence-electron chi connectivity index (χ0n) is 11.7. The number of amides is 2. The van der Waals surface area contributed by atoms with Gasteiger partial charge in [-0.15, -0.1) is 0 Å². The number of hydrogen-bond donors (Lipinski definition) is 3. The van der Waals surface area contributed by atoms with E-state index in [0.717, 1.165) is 18.4 Å². The molecular weight excluding hydrogens is 272 g/mol. The van der Waals surface area contributed by atoms with E-state index in [2.05, 4.69) is 16.9 Å². The van der Waals surface area contributed by atoms with E-state index in [4.69, 9.17) is 0 Å². The first-order valence-corrected chi connectivity index (χ1v) is 8.29. The normalized spacial score (nSPS) is 23.3. The molecule has 1 aliphatic carbocycles. The Morgan fingerprint density at radius 3 is 2.80 bits per heavy atom. The molecule has 3 N–H and O–H groups in total. The van der Waals surface area contributed by atoms with Gasteiger partial charge >= 0.3 is 6.03 Å². The molecule has 0 aromatic heterocycles. The standard InChI is InChI=1S/C15H22N2O2S/c1-20-14-9-5-8-12(14)16-15(19)17-13(10-18)11-6-3-2-4-7-11/h2-4,6-7,12-14,18H,5,8-10H2,1H3,(H2,16,17,19). The van der Waals surface area contributed by atoms with Crippen molar-refractivity contribution in [1.29, 1.82) is 0 Å². The van der Waals surface area contributed by atoms with Crippen LogP contribution < -0.4 is 10.6 Å². The molecule has 0 radical (unpaired) electrons. The molecule has 0 bridgehead atoms. The van der Waals surface area contributed by atoms with Crippen LogP contribution in [0.5, 0.6) is 0 Å². The van der Waals surface area contributed by atoms with Crippen molar-refractivity contribution in [1.82, 2.24) is 10.6 Å². The van der Waals surface area contributed by atoms with Crippen molar-refractivity contribution in [2.24, 2.45) is 0 Å². The monoisotopic (exact) mass is 294 g/mol. The molecule has 1 fully saturated rings. The lowest BCUT2D eigenvalue weighted by molar-refractivity contribution is 0.214. The zero-order chi connectivity index (χ0) is 14.4. The number of hydrogen-bond acceptors (Lipinski definition) is 3. The van der Waals surface area contributed by atoms with Gasteiger partial charge in [0.15, 0.2) is 0 Å². The molecule has 2 amide bonds. The smallest absolute Gasteiger partial charge is 0.315 e. The van der Waals surface area contributed by atoms with Crippen LogP contribution in [0, 0.1) is 0 Å². The second-order valence-electron chi connectivity index (χ2n) is 5.08. The summed E-state index contributed by atoms with van der Waals surface area (Å²) in [5.74, 6) is 0. The summed E-state index contributed by atoms with van der Waals surface area (Å²) in [7, 11) is 0.